The number of carbonyl (C=O) groups is 2. The lowest BCUT2D eigenvalue weighted by molar-refractivity contribution is -0.147. The molecule has 0 spiro atoms. The maximum atomic E-state index is 12.2. The zero-order valence-corrected chi connectivity index (χ0v) is 12.3. The molecular weight excluding hydrogens is 272 g/mol. The number of carboxylic acids is 1. The maximum Gasteiger partial charge on any atom is 0.329 e. The van der Waals surface area contributed by atoms with Crippen molar-refractivity contribution < 1.29 is 19.4 Å². The standard InChI is InChI=1S/C15H20N2O4/c1-15(13(18)19)8-3-9-17(15)14(20)16-10-11-4-6-12(21-2)7-5-11/h4-7H,3,8-10H2,1-2H3,(H,16,20)(H,18,19). The molecule has 2 N–H and O–H groups in total. The topological polar surface area (TPSA) is 78.9 Å². The normalized spacial score (nSPS) is 21.1. The van der Waals surface area contributed by atoms with Crippen molar-refractivity contribution in [2.24, 2.45) is 0 Å². The van der Waals surface area contributed by atoms with Gasteiger partial charge in [-0.15, -0.1) is 0 Å². The van der Waals surface area contributed by atoms with Crippen LogP contribution in [0.15, 0.2) is 24.3 Å². The Hall–Kier alpha value is -2.24. The summed E-state index contributed by atoms with van der Waals surface area (Å²) >= 11 is 0. The minimum atomic E-state index is -1.11. The monoisotopic (exact) mass is 292 g/mol. The highest BCUT2D eigenvalue weighted by Gasteiger charge is 2.45. The maximum absolute atomic E-state index is 12.2. The molecule has 21 heavy (non-hydrogen) atoms. The molecule has 0 aliphatic carbocycles. The quantitative estimate of drug-likeness (QED) is 0.887. The van der Waals surface area contributed by atoms with Crippen molar-refractivity contribution in [3.8, 4) is 5.75 Å². The van der Waals surface area contributed by atoms with E-state index < -0.39 is 11.5 Å². The summed E-state index contributed by atoms with van der Waals surface area (Å²) in [5.74, 6) is -0.206. The number of likely N-dealkylation sites (tertiary alicyclic amines) is 1. The highest BCUT2D eigenvalue weighted by molar-refractivity contribution is 5.86. The number of ether oxygens (including phenoxy) is 1. The molecule has 1 saturated heterocycles. The van der Waals surface area contributed by atoms with E-state index in [9.17, 15) is 14.7 Å². The molecule has 1 heterocycles. The number of aliphatic carboxylic acids is 1. The van der Waals surface area contributed by atoms with Gasteiger partial charge in [0, 0.05) is 13.1 Å². The number of nitrogens with zero attached hydrogens (tertiary/aromatic N) is 1. The van der Waals surface area contributed by atoms with Gasteiger partial charge < -0.3 is 20.1 Å². The number of carboxylic acid groups (broad SMARTS) is 1. The molecule has 6 heteroatoms. The molecule has 0 bridgehead atoms. The van der Waals surface area contributed by atoms with E-state index in [0.29, 0.717) is 25.9 Å². The van der Waals surface area contributed by atoms with Crippen LogP contribution in [-0.2, 0) is 11.3 Å². The van der Waals surface area contributed by atoms with Crippen LogP contribution in [0.5, 0.6) is 5.75 Å². The Morgan fingerprint density at radius 2 is 2.05 bits per heavy atom. The molecule has 6 nitrogen and oxygen atoms in total. The number of carbonyl (C=O) groups excluding carboxylic acids is 1. The second-order valence-corrected chi connectivity index (χ2v) is 5.34. The third-order valence-corrected chi connectivity index (χ3v) is 3.95. The largest absolute Gasteiger partial charge is 0.497 e. The van der Waals surface area contributed by atoms with Gasteiger partial charge in [0.15, 0.2) is 0 Å². The molecule has 0 aromatic heterocycles. The first kappa shape index (κ1) is 15.2. The Bertz CT molecular complexity index is 529. The van der Waals surface area contributed by atoms with Gasteiger partial charge in [-0.3, -0.25) is 0 Å². The van der Waals surface area contributed by atoms with E-state index in [0.717, 1.165) is 11.3 Å². The highest BCUT2D eigenvalue weighted by atomic mass is 16.5. The van der Waals surface area contributed by atoms with Crippen molar-refractivity contribution in [3.63, 3.8) is 0 Å². The summed E-state index contributed by atoms with van der Waals surface area (Å²) in [5.41, 5.74) is -0.176. The number of amides is 2. The fourth-order valence-corrected chi connectivity index (χ4v) is 2.53. The number of benzene rings is 1. The predicted octanol–water partition coefficient (Wildman–Crippen LogP) is 1.84. The zero-order chi connectivity index (χ0) is 15.5. The van der Waals surface area contributed by atoms with Crippen LogP contribution in [-0.4, -0.2) is 41.2 Å². The summed E-state index contributed by atoms with van der Waals surface area (Å²) in [5, 5.41) is 12.1. The van der Waals surface area contributed by atoms with E-state index in [4.69, 9.17) is 4.74 Å². The number of rotatable bonds is 4. The minimum absolute atomic E-state index is 0.340. The number of hydrogen-bond donors (Lipinski definition) is 2. The molecule has 1 aromatic rings. The lowest BCUT2D eigenvalue weighted by Gasteiger charge is -2.31. The van der Waals surface area contributed by atoms with Gasteiger partial charge >= 0.3 is 12.0 Å². The van der Waals surface area contributed by atoms with Crippen molar-refractivity contribution in [3.05, 3.63) is 29.8 Å². The Labute approximate surface area is 123 Å². The molecule has 2 rings (SSSR count). The smallest absolute Gasteiger partial charge is 0.329 e. The first-order chi connectivity index (χ1) is 9.97. The van der Waals surface area contributed by atoms with Gasteiger partial charge in [-0.1, -0.05) is 12.1 Å². The number of urea groups is 1. The second-order valence-electron chi connectivity index (χ2n) is 5.34. The third-order valence-electron chi connectivity index (χ3n) is 3.95. The summed E-state index contributed by atoms with van der Waals surface area (Å²) in [7, 11) is 1.59. The summed E-state index contributed by atoms with van der Waals surface area (Å²) < 4.78 is 5.07. The Balaban J connectivity index is 1.96. The summed E-state index contributed by atoms with van der Waals surface area (Å²) in [6.45, 7) is 2.42. The van der Waals surface area contributed by atoms with Crippen LogP contribution in [0.1, 0.15) is 25.3 Å². The number of methoxy groups -OCH3 is 1. The summed E-state index contributed by atoms with van der Waals surface area (Å²) in [6, 6.07) is 7.02. The van der Waals surface area contributed by atoms with Crippen molar-refractivity contribution in [2.45, 2.75) is 31.8 Å². The molecule has 1 aliphatic rings. The molecule has 114 valence electrons. The third kappa shape index (κ3) is 3.09. The first-order valence-electron chi connectivity index (χ1n) is 6.89. The van der Waals surface area contributed by atoms with Gasteiger partial charge in [-0.2, -0.15) is 0 Å². The van der Waals surface area contributed by atoms with Crippen LogP contribution in [0.4, 0.5) is 4.79 Å². The van der Waals surface area contributed by atoms with Crippen LogP contribution in [0.25, 0.3) is 0 Å². The van der Waals surface area contributed by atoms with Crippen LogP contribution in [0.3, 0.4) is 0 Å². The first-order valence-corrected chi connectivity index (χ1v) is 6.89. The Morgan fingerprint density at radius 3 is 2.62 bits per heavy atom. The van der Waals surface area contributed by atoms with Crippen LogP contribution < -0.4 is 10.1 Å². The lowest BCUT2D eigenvalue weighted by atomic mass is 10.00. The second kappa shape index (κ2) is 6.03. The fraction of sp³-hybridized carbons (Fsp3) is 0.467. The van der Waals surface area contributed by atoms with Crippen molar-refractivity contribution in [1.29, 1.82) is 0 Å². The van der Waals surface area contributed by atoms with Gasteiger partial charge in [0.2, 0.25) is 0 Å². The average molecular weight is 292 g/mol. The predicted molar refractivity (Wildman–Crippen MR) is 77.2 cm³/mol. The van der Waals surface area contributed by atoms with Gasteiger partial charge in [0.25, 0.3) is 0 Å². The molecule has 2 amide bonds. The van der Waals surface area contributed by atoms with Gasteiger partial charge in [-0.25, -0.2) is 9.59 Å². The molecule has 1 fully saturated rings. The van der Waals surface area contributed by atoms with Crippen molar-refractivity contribution in [1.82, 2.24) is 10.2 Å². The van der Waals surface area contributed by atoms with E-state index in [2.05, 4.69) is 5.32 Å². The van der Waals surface area contributed by atoms with Crippen LogP contribution in [0.2, 0.25) is 0 Å². The molecule has 1 unspecified atom stereocenters. The van der Waals surface area contributed by atoms with Gasteiger partial charge in [-0.05, 0) is 37.5 Å². The molecule has 1 aliphatic heterocycles. The molecule has 0 radical (unpaired) electrons. The Kier molecular flexibility index (Phi) is 4.35. The fourth-order valence-electron chi connectivity index (χ4n) is 2.53. The molecular formula is C15H20N2O4. The molecule has 0 saturated carbocycles. The van der Waals surface area contributed by atoms with Crippen molar-refractivity contribution >= 4 is 12.0 Å². The van der Waals surface area contributed by atoms with E-state index in [1.807, 2.05) is 24.3 Å². The van der Waals surface area contributed by atoms with E-state index in [-0.39, 0.29) is 6.03 Å². The SMILES string of the molecule is COc1ccc(CNC(=O)N2CCCC2(C)C(=O)O)cc1. The molecule has 1 atom stereocenters. The van der Waals surface area contributed by atoms with Crippen molar-refractivity contribution in [2.75, 3.05) is 13.7 Å². The van der Waals surface area contributed by atoms with E-state index in [1.165, 1.54) is 4.90 Å². The Morgan fingerprint density at radius 1 is 1.38 bits per heavy atom. The van der Waals surface area contributed by atoms with Crippen LogP contribution >= 0.6 is 0 Å². The van der Waals surface area contributed by atoms with Crippen LogP contribution in [0, 0.1) is 0 Å². The zero-order valence-electron chi connectivity index (χ0n) is 12.3. The summed E-state index contributed by atoms with van der Waals surface area (Å²) in [6.07, 6.45) is 1.19. The van der Waals surface area contributed by atoms with E-state index >= 15 is 0 Å². The number of nitrogens with one attached hydrogen (secondary N) is 1. The molecule has 1 aromatic carbocycles. The van der Waals surface area contributed by atoms with Gasteiger partial charge in [0.05, 0.1) is 7.11 Å². The van der Waals surface area contributed by atoms with E-state index in [1.54, 1.807) is 14.0 Å². The summed E-state index contributed by atoms with van der Waals surface area (Å²) in [4.78, 5) is 24.9. The van der Waals surface area contributed by atoms with Gasteiger partial charge in [0.1, 0.15) is 11.3 Å². The minimum Gasteiger partial charge on any atom is -0.497 e. The lowest BCUT2D eigenvalue weighted by Crippen LogP contribution is -2.53. The number of hydrogen-bond acceptors (Lipinski definition) is 3. The average Bonchev–Trinajstić information content (AvgIpc) is 2.89. The highest BCUT2D eigenvalue weighted by Crippen LogP contribution is 2.29.